The first-order valence-electron chi connectivity index (χ1n) is 10.2. The lowest BCUT2D eigenvalue weighted by Crippen LogP contribution is -2.62. The minimum Gasteiger partial charge on any atom is -0.362 e. The van der Waals surface area contributed by atoms with E-state index in [1.54, 1.807) is 12.4 Å². The summed E-state index contributed by atoms with van der Waals surface area (Å²) in [5.74, 6) is 0.0367. The minimum absolute atomic E-state index is 0.0367. The molecule has 28 heavy (non-hydrogen) atoms. The highest BCUT2D eigenvalue weighted by Gasteiger charge is 2.45. The van der Waals surface area contributed by atoms with Gasteiger partial charge in [-0.05, 0) is 55.5 Å². The van der Waals surface area contributed by atoms with E-state index in [-0.39, 0.29) is 5.91 Å². The van der Waals surface area contributed by atoms with Gasteiger partial charge in [0.05, 0.1) is 6.61 Å². The number of rotatable bonds is 6. The number of hydrogen-bond acceptors (Lipinski definition) is 4. The predicted molar refractivity (Wildman–Crippen MR) is 110 cm³/mol. The van der Waals surface area contributed by atoms with Crippen LogP contribution < -0.4 is 5.32 Å². The molecule has 1 amide bonds. The standard InChI is InChI=1S/C23H29N3O2/c1-17(2)26-12-13-28-23(16-26,22(27)25-21-6-7-21)15-18-4-3-5-20(14-18)19-8-10-24-11-9-19/h3-5,8-11,14,17,21H,6-7,12-13,15-16H2,1-2H3,(H,25,27)/t23-/m0/s1. The number of carbonyl (C=O) groups excluding carboxylic acids is 1. The molecule has 2 aromatic rings. The van der Waals surface area contributed by atoms with Crippen molar-refractivity contribution in [1.82, 2.24) is 15.2 Å². The van der Waals surface area contributed by atoms with Crippen LogP contribution in [0.1, 0.15) is 32.3 Å². The van der Waals surface area contributed by atoms with Gasteiger partial charge in [0.2, 0.25) is 0 Å². The topological polar surface area (TPSA) is 54.5 Å². The van der Waals surface area contributed by atoms with E-state index < -0.39 is 5.60 Å². The van der Waals surface area contributed by atoms with Crippen LogP contribution in [-0.4, -0.2) is 53.2 Å². The van der Waals surface area contributed by atoms with Gasteiger partial charge < -0.3 is 10.1 Å². The first-order chi connectivity index (χ1) is 13.6. The van der Waals surface area contributed by atoms with Gasteiger partial charge in [-0.1, -0.05) is 24.3 Å². The van der Waals surface area contributed by atoms with Crippen molar-refractivity contribution in [3.63, 3.8) is 0 Å². The number of carbonyl (C=O) groups is 1. The molecule has 5 nitrogen and oxygen atoms in total. The Labute approximate surface area is 167 Å². The van der Waals surface area contributed by atoms with Crippen LogP contribution >= 0.6 is 0 Å². The zero-order chi connectivity index (χ0) is 19.6. The molecule has 0 bridgehead atoms. The molecule has 1 saturated carbocycles. The number of nitrogens with one attached hydrogen (secondary N) is 1. The maximum atomic E-state index is 13.2. The van der Waals surface area contributed by atoms with Gasteiger partial charge in [0.1, 0.15) is 0 Å². The van der Waals surface area contributed by atoms with Crippen LogP contribution in [0.15, 0.2) is 48.8 Å². The summed E-state index contributed by atoms with van der Waals surface area (Å²) in [6.45, 7) is 6.44. The van der Waals surface area contributed by atoms with Gasteiger partial charge in [0.15, 0.2) is 5.60 Å². The molecule has 1 atom stereocenters. The molecule has 1 aliphatic carbocycles. The molecular weight excluding hydrogens is 350 g/mol. The fourth-order valence-electron chi connectivity index (χ4n) is 3.86. The highest BCUT2D eigenvalue weighted by Crippen LogP contribution is 2.29. The fourth-order valence-corrected chi connectivity index (χ4v) is 3.86. The number of amides is 1. The number of morpholine rings is 1. The van der Waals surface area contributed by atoms with Crippen molar-refractivity contribution in [3.05, 3.63) is 54.4 Å². The fraction of sp³-hybridized carbons (Fsp3) is 0.478. The van der Waals surface area contributed by atoms with Gasteiger partial charge in [-0.3, -0.25) is 14.7 Å². The zero-order valence-electron chi connectivity index (χ0n) is 16.7. The van der Waals surface area contributed by atoms with Crippen molar-refractivity contribution < 1.29 is 9.53 Å². The van der Waals surface area contributed by atoms with Gasteiger partial charge in [-0.15, -0.1) is 0 Å². The number of aromatic nitrogens is 1. The second-order valence-electron chi connectivity index (χ2n) is 8.27. The first kappa shape index (κ1) is 19.1. The third-order valence-electron chi connectivity index (χ3n) is 5.70. The lowest BCUT2D eigenvalue weighted by Gasteiger charge is -2.43. The summed E-state index contributed by atoms with van der Waals surface area (Å²) >= 11 is 0. The molecule has 148 valence electrons. The Morgan fingerprint density at radius 1 is 1.25 bits per heavy atom. The maximum Gasteiger partial charge on any atom is 0.254 e. The third kappa shape index (κ3) is 4.26. The van der Waals surface area contributed by atoms with Crippen LogP contribution in [0.4, 0.5) is 0 Å². The second-order valence-corrected chi connectivity index (χ2v) is 8.27. The van der Waals surface area contributed by atoms with Crippen molar-refractivity contribution in [2.24, 2.45) is 0 Å². The lowest BCUT2D eigenvalue weighted by atomic mass is 9.89. The quantitative estimate of drug-likeness (QED) is 0.838. The zero-order valence-corrected chi connectivity index (χ0v) is 16.7. The molecule has 1 aromatic carbocycles. The van der Waals surface area contributed by atoms with E-state index in [1.807, 2.05) is 12.1 Å². The van der Waals surface area contributed by atoms with E-state index in [9.17, 15) is 4.79 Å². The van der Waals surface area contributed by atoms with Crippen LogP contribution in [0.3, 0.4) is 0 Å². The summed E-state index contributed by atoms with van der Waals surface area (Å²) in [7, 11) is 0. The summed E-state index contributed by atoms with van der Waals surface area (Å²) in [5.41, 5.74) is 2.55. The van der Waals surface area contributed by atoms with Crippen molar-refractivity contribution in [2.75, 3.05) is 19.7 Å². The normalized spacial score (nSPS) is 23.0. The summed E-state index contributed by atoms with van der Waals surface area (Å²) in [6.07, 6.45) is 6.34. The molecule has 0 spiro atoms. The molecule has 4 rings (SSSR count). The first-order valence-corrected chi connectivity index (χ1v) is 10.2. The summed E-state index contributed by atoms with van der Waals surface area (Å²) in [5, 5.41) is 3.19. The van der Waals surface area contributed by atoms with Crippen molar-refractivity contribution >= 4 is 5.91 Å². The molecule has 1 saturated heterocycles. The molecule has 5 heteroatoms. The van der Waals surface area contributed by atoms with Gasteiger partial charge in [-0.25, -0.2) is 0 Å². The van der Waals surface area contributed by atoms with Gasteiger partial charge in [-0.2, -0.15) is 0 Å². The highest BCUT2D eigenvalue weighted by molar-refractivity contribution is 5.86. The van der Waals surface area contributed by atoms with Crippen LogP contribution in [0.25, 0.3) is 11.1 Å². The van der Waals surface area contributed by atoms with Gasteiger partial charge in [0.25, 0.3) is 5.91 Å². The Balaban J connectivity index is 1.61. The Morgan fingerprint density at radius 2 is 2.04 bits per heavy atom. The second kappa shape index (κ2) is 8.02. The molecule has 2 fully saturated rings. The monoisotopic (exact) mass is 379 g/mol. The van der Waals surface area contributed by atoms with E-state index in [0.717, 1.165) is 36.1 Å². The number of pyridine rings is 1. The predicted octanol–water partition coefficient (Wildman–Crippen LogP) is 3.05. The Hall–Kier alpha value is -2.24. The average Bonchev–Trinajstić information content (AvgIpc) is 3.53. The van der Waals surface area contributed by atoms with Crippen molar-refractivity contribution in [1.29, 1.82) is 0 Å². The molecule has 0 radical (unpaired) electrons. The number of nitrogens with zero attached hydrogens (tertiary/aromatic N) is 2. The van der Waals surface area contributed by atoms with E-state index >= 15 is 0 Å². The van der Waals surface area contributed by atoms with Crippen molar-refractivity contribution in [3.8, 4) is 11.1 Å². The highest BCUT2D eigenvalue weighted by atomic mass is 16.5. The van der Waals surface area contributed by atoms with E-state index in [0.29, 0.717) is 31.7 Å². The molecule has 1 N–H and O–H groups in total. The summed E-state index contributed by atoms with van der Waals surface area (Å²) < 4.78 is 6.22. The molecule has 0 unspecified atom stereocenters. The molecule has 2 heterocycles. The van der Waals surface area contributed by atoms with Crippen LogP contribution in [-0.2, 0) is 16.0 Å². The van der Waals surface area contributed by atoms with E-state index in [2.05, 4.69) is 53.3 Å². The molecular formula is C23H29N3O2. The Morgan fingerprint density at radius 3 is 2.75 bits per heavy atom. The third-order valence-corrected chi connectivity index (χ3v) is 5.70. The molecule has 1 aromatic heterocycles. The number of hydrogen-bond donors (Lipinski definition) is 1. The van der Waals surface area contributed by atoms with Crippen LogP contribution in [0.2, 0.25) is 0 Å². The van der Waals surface area contributed by atoms with Crippen LogP contribution in [0, 0.1) is 0 Å². The molecule has 1 aliphatic heterocycles. The SMILES string of the molecule is CC(C)N1CCO[C@](Cc2cccc(-c3ccncc3)c2)(C(=O)NC2CC2)C1. The molecule has 2 aliphatic rings. The lowest BCUT2D eigenvalue weighted by molar-refractivity contribution is -0.162. The number of ether oxygens (including phenoxy) is 1. The summed E-state index contributed by atoms with van der Waals surface area (Å²) in [4.78, 5) is 19.7. The maximum absolute atomic E-state index is 13.2. The van der Waals surface area contributed by atoms with E-state index in [1.165, 1.54) is 0 Å². The average molecular weight is 380 g/mol. The smallest absolute Gasteiger partial charge is 0.254 e. The van der Waals surface area contributed by atoms with E-state index in [4.69, 9.17) is 4.74 Å². The van der Waals surface area contributed by atoms with Crippen LogP contribution in [0.5, 0.6) is 0 Å². The van der Waals surface area contributed by atoms with Gasteiger partial charge >= 0.3 is 0 Å². The Kier molecular flexibility index (Phi) is 5.47. The summed E-state index contributed by atoms with van der Waals surface area (Å²) in [6, 6.07) is 13.1. The van der Waals surface area contributed by atoms with Crippen molar-refractivity contribution in [2.45, 2.75) is 50.8 Å². The Bertz CT molecular complexity index is 820. The minimum atomic E-state index is -0.831. The largest absolute Gasteiger partial charge is 0.362 e. The number of benzene rings is 1. The van der Waals surface area contributed by atoms with Gasteiger partial charge in [0, 0.05) is 44.0 Å².